The molecule has 3 aromatic heterocycles. The van der Waals surface area contributed by atoms with E-state index < -0.39 is 11.8 Å². The molecule has 0 aliphatic rings. The van der Waals surface area contributed by atoms with Crippen molar-refractivity contribution in [2.24, 2.45) is 0 Å². The number of ether oxygens (including phenoxy) is 1. The molecule has 0 amide bonds. The molecule has 4 rings (SSSR count). The minimum absolute atomic E-state index is 0.0965. The number of hydrogen-bond donors (Lipinski definition) is 0. The van der Waals surface area contributed by atoms with Gasteiger partial charge in [0.05, 0.1) is 19.2 Å². The zero-order chi connectivity index (χ0) is 19.0. The summed E-state index contributed by atoms with van der Waals surface area (Å²) in [7, 11) is 1.30. The number of thioether (sulfide) groups is 1. The van der Waals surface area contributed by atoms with Gasteiger partial charge in [0.2, 0.25) is 5.16 Å². The third kappa shape index (κ3) is 3.10. The van der Waals surface area contributed by atoms with Gasteiger partial charge >= 0.3 is 5.97 Å². The molecule has 0 saturated carbocycles. The lowest BCUT2D eigenvalue weighted by Gasteiger charge is -2.03. The summed E-state index contributed by atoms with van der Waals surface area (Å²) in [6, 6.07) is 5.94. The highest BCUT2D eigenvalue weighted by atomic mass is 32.2. The second-order valence-electron chi connectivity index (χ2n) is 5.50. The topological polar surface area (TPSA) is 100 Å². The Bertz CT molecular complexity index is 1160. The van der Waals surface area contributed by atoms with Crippen molar-refractivity contribution >= 4 is 34.7 Å². The molecule has 0 fully saturated rings. The van der Waals surface area contributed by atoms with Gasteiger partial charge in [-0.1, -0.05) is 24.8 Å². The number of carbonyl (C=O) groups is 1. The van der Waals surface area contributed by atoms with E-state index in [0.29, 0.717) is 33.5 Å². The number of carbonyl (C=O) groups excluding carboxylic acids is 1. The molecule has 0 saturated heterocycles. The van der Waals surface area contributed by atoms with E-state index in [4.69, 9.17) is 4.74 Å². The fourth-order valence-electron chi connectivity index (χ4n) is 2.63. The van der Waals surface area contributed by atoms with Crippen LogP contribution in [0.3, 0.4) is 0 Å². The molecule has 0 unspecified atom stereocenters. The Labute approximate surface area is 156 Å². The molecule has 0 N–H and O–H groups in total. The van der Waals surface area contributed by atoms with Crippen LogP contribution < -0.4 is 0 Å². The molecule has 1 aromatic carbocycles. The molecule has 138 valence electrons. The fraction of sp³-hybridized carbons (Fsp3) is 0.250. The molecule has 0 spiro atoms. The van der Waals surface area contributed by atoms with Crippen molar-refractivity contribution < 1.29 is 13.9 Å². The SMILES string of the molecule is CCSc1nc2nnc3c(CC(=O)OC)nn(-c4cccc(F)c4)c3n2n1. The van der Waals surface area contributed by atoms with Crippen LogP contribution >= 0.6 is 11.8 Å². The second kappa shape index (κ2) is 6.91. The van der Waals surface area contributed by atoms with Crippen LogP contribution in [0.4, 0.5) is 4.39 Å². The fourth-order valence-corrected chi connectivity index (χ4v) is 3.17. The average molecular weight is 387 g/mol. The highest BCUT2D eigenvalue weighted by Crippen LogP contribution is 2.23. The van der Waals surface area contributed by atoms with Gasteiger partial charge < -0.3 is 4.74 Å². The Hall–Kier alpha value is -3.08. The van der Waals surface area contributed by atoms with Gasteiger partial charge in [0.15, 0.2) is 11.2 Å². The summed E-state index contributed by atoms with van der Waals surface area (Å²) >= 11 is 1.46. The third-order valence-electron chi connectivity index (χ3n) is 3.78. The summed E-state index contributed by atoms with van der Waals surface area (Å²) < 4.78 is 21.5. The molecular formula is C16H14FN7O2S. The first-order valence-corrected chi connectivity index (χ1v) is 9.06. The highest BCUT2D eigenvalue weighted by Gasteiger charge is 2.21. The summed E-state index contributed by atoms with van der Waals surface area (Å²) in [5, 5.41) is 17.7. The summed E-state index contributed by atoms with van der Waals surface area (Å²) in [6.45, 7) is 1.99. The van der Waals surface area contributed by atoms with E-state index in [9.17, 15) is 9.18 Å². The normalized spacial score (nSPS) is 11.4. The van der Waals surface area contributed by atoms with Crippen molar-refractivity contribution in [1.82, 2.24) is 34.6 Å². The predicted molar refractivity (Wildman–Crippen MR) is 95.3 cm³/mol. The largest absolute Gasteiger partial charge is 0.469 e. The van der Waals surface area contributed by atoms with Crippen LogP contribution in [-0.2, 0) is 16.0 Å². The Kier molecular flexibility index (Phi) is 4.44. The number of rotatable bonds is 5. The van der Waals surface area contributed by atoms with Gasteiger partial charge in [0, 0.05) is 0 Å². The van der Waals surface area contributed by atoms with Crippen molar-refractivity contribution in [2.75, 3.05) is 12.9 Å². The van der Waals surface area contributed by atoms with E-state index in [1.807, 2.05) is 6.92 Å². The van der Waals surface area contributed by atoms with Crippen LogP contribution in [-0.4, -0.2) is 53.4 Å². The van der Waals surface area contributed by atoms with Crippen LogP contribution in [0.15, 0.2) is 29.4 Å². The summed E-state index contributed by atoms with van der Waals surface area (Å²) in [4.78, 5) is 16.1. The highest BCUT2D eigenvalue weighted by molar-refractivity contribution is 7.99. The maximum atomic E-state index is 13.8. The minimum Gasteiger partial charge on any atom is -0.469 e. The van der Waals surface area contributed by atoms with Gasteiger partial charge in [0.1, 0.15) is 11.5 Å². The van der Waals surface area contributed by atoms with Gasteiger partial charge in [-0.05, 0) is 24.0 Å². The van der Waals surface area contributed by atoms with E-state index in [1.54, 1.807) is 12.1 Å². The molecule has 4 aromatic rings. The second-order valence-corrected chi connectivity index (χ2v) is 6.73. The van der Waals surface area contributed by atoms with E-state index in [-0.39, 0.29) is 6.42 Å². The number of hydrogen-bond acceptors (Lipinski definition) is 8. The van der Waals surface area contributed by atoms with Crippen molar-refractivity contribution in [3.8, 4) is 5.69 Å². The number of halogens is 1. The molecule has 11 heteroatoms. The number of esters is 1. The maximum Gasteiger partial charge on any atom is 0.311 e. The first kappa shape index (κ1) is 17.3. The van der Waals surface area contributed by atoms with Gasteiger partial charge in [-0.15, -0.1) is 15.3 Å². The number of fused-ring (bicyclic) bond motifs is 3. The summed E-state index contributed by atoms with van der Waals surface area (Å²) in [5.74, 6) is 0.207. The molecule has 0 atom stereocenters. The number of benzene rings is 1. The molecule has 0 aliphatic heterocycles. The van der Waals surface area contributed by atoms with Crippen LogP contribution in [0, 0.1) is 5.82 Å². The third-order valence-corrected chi connectivity index (χ3v) is 4.50. The number of aromatic nitrogens is 7. The van der Waals surface area contributed by atoms with Crippen LogP contribution in [0.2, 0.25) is 0 Å². The predicted octanol–water partition coefficient (Wildman–Crippen LogP) is 1.82. The van der Waals surface area contributed by atoms with Crippen molar-refractivity contribution in [3.05, 3.63) is 35.8 Å². The summed E-state index contributed by atoms with van der Waals surface area (Å²) in [5.41, 5.74) is 1.64. The maximum absolute atomic E-state index is 13.8. The quantitative estimate of drug-likeness (QED) is 0.378. The first-order chi connectivity index (χ1) is 13.1. The van der Waals surface area contributed by atoms with Crippen molar-refractivity contribution in [1.29, 1.82) is 0 Å². The lowest BCUT2D eigenvalue weighted by molar-refractivity contribution is -0.139. The average Bonchev–Trinajstić information content (AvgIpc) is 3.23. The monoisotopic (exact) mass is 387 g/mol. The number of methoxy groups -OCH3 is 1. The molecule has 9 nitrogen and oxygen atoms in total. The molecular weight excluding hydrogens is 373 g/mol. The molecule has 27 heavy (non-hydrogen) atoms. The van der Waals surface area contributed by atoms with Crippen LogP contribution in [0.1, 0.15) is 12.6 Å². The number of nitrogens with zero attached hydrogens (tertiary/aromatic N) is 7. The van der Waals surface area contributed by atoms with Crippen molar-refractivity contribution in [2.45, 2.75) is 18.5 Å². The van der Waals surface area contributed by atoms with Crippen LogP contribution in [0.5, 0.6) is 0 Å². The first-order valence-electron chi connectivity index (χ1n) is 8.07. The van der Waals surface area contributed by atoms with Crippen LogP contribution in [0.25, 0.3) is 22.6 Å². The smallest absolute Gasteiger partial charge is 0.311 e. The van der Waals surface area contributed by atoms with E-state index in [0.717, 1.165) is 5.75 Å². The lowest BCUT2D eigenvalue weighted by Crippen LogP contribution is -2.06. The zero-order valence-electron chi connectivity index (χ0n) is 14.5. The minimum atomic E-state index is -0.469. The van der Waals surface area contributed by atoms with E-state index in [2.05, 4.69) is 25.4 Å². The zero-order valence-corrected chi connectivity index (χ0v) is 15.3. The van der Waals surface area contributed by atoms with Gasteiger partial charge in [-0.3, -0.25) is 4.79 Å². The van der Waals surface area contributed by atoms with Gasteiger partial charge in [-0.2, -0.15) is 14.6 Å². The molecule has 0 aliphatic carbocycles. The van der Waals surface area contributed by atoms with E-state index in [1.165, 1.54) is 40.2 Å². The standard InChI is InChI=1S/C16H14FN7O2S/c1-3-27-16-18-15-20-19-13-11(8-12(25)26-2)21-23(14(13)24(15)22-16)10-6-4-5-9(17)7-10/h4-7H,3,8H2,1-2H3. The lowest BCUT2D eigenvalue weighted by atomic mass is 10.3. The van der Waals surface area contributed by atoms with E-state index >= 15 is 0 Å². The van der Waals surface area contributed by atoms with Gasteiger partial charge in [0.25, 0.3) is 5.78 Å². The Morgan fingerprint density at radius 2 is 2.15 bits per heavy atom. The Morgan fingerprint density at radius 3 is 2.89 bits per heavy atom. The Balaban J connectivity index is 2.01. The van der Waals surface area contributed by atoms with Crippen molar-refractivity contribution in [3.63, 3.8) is 0 Å². The molecule has 0 bridgehead atoms. The summed E-state index contributed by atoms with van der Waals surface area (Å²) in [6.07, 6.45) is -0.0965. The Morgan fingerprint density at radius 1 is 1.30 bits per heavy atom. The van der Waals surface area contributed by atoms with Gasteiger partial charge in [-0.25, -0.2) is 9.07 Å². The molecule has 3 heterocycles. The molecule has 0 radical (unpaired) electrons.